The van der Waals surface area contributed by atoms with Crippen molar-refractivity contribution in [3.63, 3.8) is 0 Å². The first-order chi connectivity index (χ1) is 13.8. The summed E-state index contributed by atoms with van der Waals surface area (Å²) in [5, 5.41) is 2.78. The molecule has 2 aromatic rings. The Balaban J connectivity index is 1.52. The van der Waals surface area contributed by atoms with Crippen LogP contribution in [0.15, 0.2) is 42.5 Å². The first kappa shape index (κ1) is 19.4. The smallest absolute Gasteiger partial charge is 0.323 e. The van der Waals surface area contributed by atoms with E-state index in [9.17, 15) is 14.4 Å². The van der Waals surface area contributed by atoms with Crippen LogP contribution in [-0.2, 0) is 11.2 Å². The van der Waals surface area contributed by atoms with Crippen LogP contribution in [0.1, 0.15) is 55.1 Å². The summed E-state index contributed by atoms with van der Waals surface area (Å²) >= 11 is 0. The Labute approximate surface area is 171 Å². The summed E-state index contributed by atoms with van der Waals surface area (Å²) in [6, 6.07) is 13.3. The molecule has 29 heavy (non-hydrogen) atoms. The lowest BCUT2D eigenvalue weighted by Crippen LogP contribution is -2.44. The van der Waals surface area contributed by atoms with Crippen LogP contribution < -0.4 is 5.32 Å². The minimum Gasteiger partial charge on any atom is -0.323 e. The van der Waals surface area contributed by atoms with E-state index in [1.807, 2.05) is 24.3 Å². The van der Waals surface area contributed by atoms with Crippen molar-refractivity contribution in [2.45, 2.75) is 45.6 Å². The normalized spacial score (nSPS) is 20.1. The highest BCUT2D eigenvalue weighted by Crippen LogP contribution is 2.37. The average Bonchev–Trinajstić information content (AvgIpc) is 3.16. The second-order valence-electron chi connectivity index (χ2n) is 8.72. The van der Waals surface area contributed by atoms with E-state index in [2.05, 4.69) is 31.3 Å². The maximum Gasteiger partial charge on any atom is 0.325 e. The fourth-order valence-electron chi connectivity index (χ4n) is 4.17. The first-order valence-corrected chi connectivity index (χ1v) is 10.2. The zero-order valence-electron chi connectivity index (χ0n) is 17.1. The molecule has 4 rings (SSSR count). The Morgan fingerprint density at radius 3 is 2.59 bits per heavy atom. The monoisotopic (exact) mass is 390 g/mol. The van der Waals surface area contributed by atoms with Gasteiger partial charge in [0.1, 0.15) is 5.54 Å². The third-order valence-corrected chi connectivity index (χ3v) is 5.99. The van der Waals surface area contributed by atoms with Crippen molar-refractivity contribution in [1.82, 2.24) is 10.2 Å². The number of urea groups is 1. The Morgan fingerprint density at radius 1 is 1.10 bits per heavy atom. The van der Waals surface area contributed by atoms with Crippen molar-refractivity contribution < 1.29 is 14.4 Å². The SMILES string of the molecule is CC(C)CC[C@]1(C)NC(=O)N(CC(=O)c2ccc3c(c2)-c2ccccc2C3)C1=O. The highest BCUT2D eigenvalue weighted by molar-refractivity contribution is 6.11. The molecule has 3 amide bonds. The molecule has 1 aliphatic carbocycles. The molecular formula is C24H26N2O3. The van der Waals surface area contributed by atoms with Gasteiger partial charge in [0.25, 0.3) is 5.91 Å². The van der Waals surface area contributed by atoms with Crippen LogP contribution in [0, 0.1) is 5.92 Å². The van der Waals surface area contributed by atoms with Gasteiger partial charge in [-0.1, -0.05) is 50.2 Å². The molecule has 0 aromatic heterocycles. The maximum absolute atomic E-state index is 12.9. The number of amides is 3. The molecule has 0 radical (unpaired) electrons. The van der Waals surface area contributed by atoms with Crippen LogP contribution in [0.3, 0.4) is 0 Å². The van der Waals surface area contributed by atoms with Crippen LogP contribution in [-0.4, -0.2) is 34.7 Å². The zero-order chi connectivity index (χ0) is 20.8. The van der Waals surface area contributed by atoms with Gasteiger partial charge in [0.05, 0.1) is 6.54 Å². The third-order valence-electron chi connectivity index (χ3n) is 5.99. The van der Waals surface area contributed by atoms with E-state index in [-0.39, 0.29) is 18.2 Å². The summed E-state index contributed by atoms with van der Waals surface area (Å²) < 4.78 is 0. The number of hydrogen-bond donors (Lipinski definition) is 1. The number of nitrogens with zero attached hydrogens (tertiary/aromatic N) is 1. The molecule has 1 N–H and O–H groups in total. The van der Waals surface area contributed by atoms with E-state index in [4.69, 9.17) is 0 Å². The van der Waals surface area contributed by atoms with Crippen molar-refractivity contribution in [2.75, 3.05) is 6.54 Å². The van der Waals surface area contributed by atoms with E-state index in [0.29, 0.717) is 17.9 Å². The lowest BCUT2D eigenvalue weighted by Gasteiger charge is -2.22. The molecule has 5 heteroatoms. The van der Waals surface area contributed by atoms with Crippen LogP contribution in [0.2, 0.25) is 0 Å². The molecule has 1 saturated heterocycles. The summed E-state index contributed by atoms with van der Waals surface area (Å²) in [6.07, 6.45) is 2.26. The zero-order valence-corrected chi connectivity index (χ0v) is 17.1. The molecule has 0 saturated carbocycles. The van der Waals surface area contributed by atoms with Gasteiger partial charge in [-0.3, -0.25) is 14.5 Å². The van der Waals surface area contributed by atoms with Crippen molar-refractivity contribution in [2.24, 2.45) is 5.92 Å². The number of fused-ring (bicyclic) bond motifs is 3. The number of carbonyl (C=O) groups is 3. The maximum atomic E-state index is 12.9. The fraction of sp³-hybridized carbons (Fsp3) is 0.375. The number of hydrogen-bond acceptors (Lipinski definition) is 3. The summed E-state index contributed by atoms with van der Waals surface area (Å²) in [7, 11) is 0. The summed E-state index contributed by atoms with van der Waals surface area (Å²) in [6.45, 7) is 5.67. The molecule has 0 bridgehead atoms. The molecule has 150 valence electrons. The number of carbonyl (C=O) groups excluding carboxylic acids is 3. The number of benzene rings is 2. The number of ketones is 1. The lowest BCUT2D eigenvalue weighted by atomic mass is 9.92. The van der Waals surface area contributed by atoms with E-state index in [1.54, 1.807) is 13.0 Å². The van der Waals surface area contributed by atoms with Crippen LogP contribution in [0.4, 0.5) is 4.79 Å². The summed E-state index contributed by atoms with van der Waals surface area (Å²) in [5.74, 6) is -0.113. The minimum absolute atomic E-state index is 0.228. The van der Waals surface area contributed by atoms with Crippen molar-refractivity contribution in [1.29, 1.82) is 0 Å². The number of Topliss-reactive ketones (excluding diaryl/α,β-unsaturated/α-hetero) is 1. The Kier molecular flexibility index (Phi) is 4.77. The van der Waals surface area contributed by atoms with Crippen molar-refractivity contribution in [3.8, 4) is 11.1 Å². The standard InChI is InChI=1S/C24H26N2O3/c1-15(2)10-11-24(3)22(28)26(23(29)25-24)14-21(27)18-9-8-17-12-16-6-4-5-7-19(16)20(17)13-18/h4-9,13,15H,10-12,14H2,1-3H3,(H,25,29)/t24-/m0/s1. The van der Waals surface area contributed by atoms with Crippen LogP contribution >= 0.6 is 0 Å². The van der Waals surface area contributed by atoms with Gasteiger partial charge in [-0.25, -0.2) is 4.79 Å². The minimum atomic E-state index is -0.932. The van der Waals surface area contributed by atoms with Crippen LogP contribution in [0.25, 0.3) is 11.1 Å². The van der Waals surface area contributed by atoms with Crippen molar-refractivity contribution in [3.05, 3.63) is 59.2 Å². The highest BCUT2D eigenvalue weighted by Gasteiger charge is 2.47. The molecular weight excluding hydrogens is 364 g/mol. The third kappa shape index (κ3) is 3.46. The highest BCUT2D eigenvalue weighted by atomic mass is 16.2. The van der Waals surface area contributed by atoms with Gasteiger partial charge in [-0.05, 0) is 60.4 Å². The predicted octanol–water partition coefficient (Wildman–Crippen LogP) is 4.19. The number of nitrogens with one attached hydrogen (secondary N) is 1. The Morgan fingerprint density at radius 2 is 1.83 bits per heavy atom. The predicted molar refractivity (Wildman–Crippen MR) is 112 cm³/mol. The molecule has 1 atom stereocenters. The molecule has 5 nitrogen and oxygen atoms in total. The molecule has 0 unspecified atom stereocenters. The van der Waals surface area contributed by atoms with Crippen LogP contribution in [0.5, 0.6) is 0 Å². The van der Waals surface area contributed by atoms with Crippen molar-refractivity contribution >= 4 is 17.7 Å². The van der Waals surface area contributed by atoms with Gasteiger partial charge in [0.2, 0.25) is 0 Å². The summed E-state index contributed by atoms with van der Waals surface area (Å²) in [4.78, 5) is 39.2. The average molecular weight is 390 g/mol. The van der Waals surface area contributed by atoms with Gasteiger partial charge in [-0.2, -0.15) is 0 Å². The van der Waals surface area contributed by atoms with Gasteiger partial charge in [0.15, 0.2) is 5.78 Å². The molecule has 1 heterocycles. The van der Waals surface area contributed by atoms with E-state index >= 15 is 0 Å². The second kappa shape index (κ2) is 7.14. The van der Waals surface area contributed by atoms with Gasteiger partial charge in [-0.15, -0.1) is 0 Å². The van der Waals surface area contributed by atoms with Gasteiger partial charge >= 0.3 is 6.03 Å². The van der Waals surface area contributed by atoms with Gasteiger partial charge in [0, 0.05) is 5.56 Å². The lowest BCUT2D eigenvalue weighted by molar-refractivity contribution is -0.130. The molecule has 0 spiro atoms. The number of rotatable bonds is 6. The Hall–Kier alpha value is -2.95. The quantitative estimate of drug-likeness (QED) is 0.507. The molecule has 2 aliphatic rings. The topological polar surface area (TPSA) is 66.5 Å². The molecule has 1 aliphatic heterocycles. The first-order valence-electron chi connectivity index (χ1n) is 10.2. The largest absolute Gasteiger partial charge is 0.325 e. The molecule has 2 aromatic carbocycles. The fourth-order valence-corrected chi connectivity index (χ4v) is 4.17. The molecule has 1 fully saturated rings. The van der Waals surface area contributed by atoms with E-state index in [0.717, 1.165) is 28.9 Å². The van der Waals surface area contributed by atoms with Gasteiger partial charge < -0.3 is 5.32 Å². The van der Waals surface area contributed by atoms with E-state index in [1.165, 1.54) is 11.1 Å². The van der Waals surface area contributed by atoms with E-state index < -0.39 is 11.6 Å². The summed E-state index contributed by atoms with van der Waals surface area (Å²) in [5.41, 5.74) is 4.25. The number of imide groups is 1. The Bertz CT molecular complexity index is 1010. The second-order valence-corrected chi connectivity index (χ2v) is 8.72.